The minimum Gasteiger partial charge on any atom is -0.378 e. The lowest BCUT2D eigenvalue weighted by molar-refractivity contribution is -0.137. The summed E-state index contributed by atoms with van der Waals surface area (Å²) in [6.45, 7) is 5.55. The Morgan fingerprint density at radius 3 is 2.50 bits per heavy atom. The molecular formula is C23H33N5O4. The molecule has 2 fully saturated rings. The molecule has 0 aliphatic carbocycles. The molecule has 0 bridgehead atoms. The van der Waals surface area contributed by atoms with Crippen molar-refractivity contribution in [3.8, 4) is 0 Å². The van der Waals surface area contributed by atoms with E-state index in [1.807, 2.05) is 11.0 Å². The highest BCUT2D eigenvalue weighted by Gasteiger charge is 2.32. The van der Waals surface area contributed by atoms with Crippen LogP contribution in [0.2, 0.25) is 0 Å². The Labute approximate surface area is 187 Å². The summed E-state index contributed by atoms with van der Waals surface area (Å²) in [7, 11) is 3.32. The lowest BCUT2D eigenvalue weighted by atomic mass is 9.93. The monoisotopic (exact) mass is 443 g/mol. The number of methoxy groups -OCH3 is 1. The minimum atomic E-state index is -0.181. The molecule has 32 heavy (non-hydrogen) atoms. The van der Waals surface area contributed by atoms with Gasteiger partial charge in [0, 0.05) is 51.9 Å². The topological polar surface area (TPSA) is 99.7 Å². The van der Waals surface area contributed by atoms with Gasteiger partial charge in [-0.3, -0.25) is 19.1 Å². The number of carbonyl (C=O) groups excluding carboxylic acids is 2. The second-order valence-electron chi connectivity index (χ2n) is 9.15. The molecule has 2 aliphatic heterocycles. The molecule has 0 radical (unpaired) electrons. The van der Waals surface area contributed by atoms with Gasteiger partial charge in [-0.1, -0.05) is 0 Å². The number of benzene rings is 1. The summed E-state index contributed by atoms with van der Waals surface area (Å²) in [5, 5.41) is 2.60. The molecular weight excluding hydrogens is 410 g/mol. The Hall–Kier alpha value is -2.65. The highest BCUT2D eigenvalue weighted by atomic mass is 16.5. The van der Waals surface area contributed by atoms with Gasteiger partial charge >= 0.3 is 5.69 Å². The smallest absolute Gasteiger partial charge is 0.326 e. The Kier molecular flexibility index (Phi) is 6.39. The zero-order chi connectivity index (χ0) is 22.9. The van der Waals surface area contributed by atoms with Crippen molar-refractivity contribution in [3.05, 3.63) is 34.2 Å². The van der Waals surface area contributed by atoms with Crippen molar-refractivity contribution in [2.45, 2.75) is 44.2 Å². The summed E-state index contributed by atoms with van der Waals surface area (Å²) < 4.78 is 7.37. The summed E-state index contributed by atoms with van der Waals surface area (Å²) in [5.74, 6) is -0.00776. The van der Waals surface area contributed by atoms with Crippen molar-refractivity contribution in [3.63, 3.8) is 0 Å². The largest absolute Gasteiger partial charge is 0.378 e. The molecule has 4 rings (SSSR count). The predicted octanol–water partition coefficient (Wildman–Crippen LogP) is 1.35. The maximum absolute atomic E-state index is 12.8. The summed E-state index contributed by atoms with van der Waals surface area (Å²) in [5.41, 5.74) is 1.72. The number of rotatable bonds is 5. The number of nitrogens with one attached hydrogen (secondary N) is 2. The Morgan fingerprint density at radius 1 is 1.19 bits per heavy atom. The number of hydrogen-bond acceptors (Lipinski definition) is 5. The number of aromatic amines is 1. The van der Waals surface area contributed by atoms with E-state index in [0.29, 0.717) is 17.6 Å². The van der Waals surface area contributed by atoms with Crippen LogP contribution in [0.1, 0.15) is 49.0 Å². The second kappa shape index (κ2) is 9.07. The molecule has 0 unspecified atom stereocenters. The van der Waals surface area contributed by atoms with Gasteiger partial charge in [-0.2, -0.15) is 0 Å². The Balaban J connectivity index is 1.36. The van der Waals surface area contributed by atoms with Gasteiger partial charge < -0.3 is 19.9 Å². The molecule has 3 heterocycles. The van der Waals surface area contributed by atoms with Crippen LogP contribution in [-0.4, -0.2) is 83.6 Å². The van der Waals surface area contributed by atoms with Gasteiger partial charge in [0.2, 0.25) is 5.91 Å². The number of H-pyrrole nitrogens is 1. The van der Waals surface area contributed by atoms with E-state index in [1.165, 1.54) is 0 Å². The summed E-state index contributed by atoms with van der Waals surface area (Å²) in [6, 6.07) is 5.36. The zero-order valence-corrected chi connectivity index (χ0v) is 19.1. The van der Waals surface area contributed by atoms with E-state index in [-0.39, 0.29) is 29.1 Å². The third-order valence-corrected chi connectivity index (χ3v) is 7.15. The Bertz CT molecular complexity index is 1040. The van der Waals surface area contributed by atoms with Crippen LogP contribution in [0.15, 0.2) is 23.0 Å². The van der Waals surface area contributed by atoms with Crippen molar-refractivity contribution in [1.29, 1.82) is 0 Å². The molecule has 2 amide bonds. The van der Waals surface area contributed by atoms with E-state index in [0.717, 1.165) is 57.4 Å². The number of likely N-dealkylation sites (tertiary alicyclic amines) is 2. The fourth-order valence-corrected chi connectivity index (χ4v) is 4.84. The zero-order valence-electron chi connectivity index (χ0n) is 19.1. The third kappa shape index (κ3) is 4.45. The predicted molar refractivity (Wildman–Crippen MR) is 122 cm³/mol. The first-order valence-electron chi connectivity index (χ1n) is 11.4. The average molecular weight is 444 g/mol. The molecule has 1 aromatic carbocycles. The molecule has 2 aromatic rings. The van der Waals surface area contributed by atoms with E-state index in [9.17, 15) is 14.4 Å². The SMILES string of the molecule is CNC(=O)c1ccc2c(c1)[nH]c(=O)n2C1CCN(CC(=O)N2CCC(C)(OC)CC2)CC1. The third-order valence-electron chi connectivity index (χ3n) is 7.15. The number of carbonyl (C=O) groups is 2. The lowest BCUT2D eigenvalue weighted by Crippen LogP contribution is -2.50. The van der Waals surface area contributed by atoms with Crippen LogP contribution in [0.3, 0.4) is 0 Å². The summed E-state index contributed by atoms with van der Waals surface area (Å²) in [6.07, 6.45) is 3.34. The molecule has 0 atom stereocenters. The second-order valence-corrected chi connectivity index (χ2v) is 9.15. The molecule has 174 valence electrons. The first-order valence-corrected chi connectivity index (χ1v) is 11.4. The van der Waals surface area contributed by atoms with E-state index < -0.39 is 0 Å². The first-order chi connectivity index (χ1) is 15.3. The number of ether oxygens (including phenoxy) is 1. The fourth-order valence-electron chi connectivity index (χ4n) is 4.84. The number of hydrogen-bond donors (Lipinski definition) is 2. The molecule has 2 aliphatic rings. The van der Waals surface area contributed by atoms with Crippen molar-refractivity contribution < 1.29 is 14.3 Å². The maximum Gasteiger partial charge on any atom is 0.326 e. The highest BCUT2D eigenvalue weighted by Crippen LogP contribution is 2.27. The number of nitrogens with zero attached hydrogens (tertiary/aromatic N) is 3. The van der Waals surface area contributed by atoms with Crippen LogP contribution in [-0.2, 0) is 9.53 Å². The van der Waals surface area contributed by atoms with Crippen LogP contribution < -0.4 is 11.0 Å². The van der Waals surface area contributed by atoms with E-state index in [4.69, 9.17) is 4.74 Å². The highest BCUT2D eigenvalue weighted by molar-refractivity contribution is 5.97. The van der Waals surface area contributed by atoms with E-state index in [2.05, 4.69) is 22.1 Å². The average Bonchev–Trinajstić information content (AvgIpc) is 3.14. The van der Waals surface area contributed by atoms with E-state index in [1.54, 1.807) is 30.9 Å². The number of amides is 2. The first kappa shape index (κ1) is 22.5. The normalized spacial score (nSPS) is 19.9. The van der Waals surface area contributed by atoms with Gasteiger partial charge in [-0.25, -0.2) is 4.79 Å². The molecule has 2 N–H and O–H groups in total. The standard InChI is InChI=1S/C23H33N5O4/c1-23(32-3)8-12-27(13-9-23)20(29)15-26-10-6-17(7-11-26)28-19-5-4-16(21(30)24-2)14-18(19)25-22(28)31/h4-5,14,17H,6-13,15H2,1-3H3,(H,24,30)(H,25,31). The maximum atomic E-state index is 12.8. The van der Waals surface area contributed by atoms with Crippen molar-refractivity contribution >= 4 is 22.8 Å². The summed E-state index contributed by atoms with van der Waals surface area (Å²) in [4.78, 5) is 44.3. The van der Waals surface area contributed by atoms with Gasteiger partial charge in [-0.05, 0) is 50.8 Å². The Morgan fingerprint density at radius 2 is 1.88 bits per heavy atom. The van der Waals surface area contributed by atoms with Gasteiger partial charge in [-0.15, -0.1) is 0 Å². The minimum absolute atomic E-state index is 0.0749. The van der Waals surface area contributed by atoms with Crippen molar-refractivity contribution in [2.24, 2.45) is 0 Å². The van der Waals surface area contributed by atoms with Gasteiger partial charge in [0.15, 0.2) is 0 Å². The van der Waals surface area contributed by atoms with Crippen molar-refractivity contribution in [1.82, 2.24) is 24.7 Å². The number of aromatic nitrogens is 2. The van der Waals surface area contributed by atoms with Crippen LogP contribution >= 0.6 is 0 Å². The summed E-state index contributed by atoms with van der Waals surface area (Å²) >= 11 is 0. The van der Waals surface area contributed by atoms with Crippen LogP contribution in [0.25, 0.3) is 11.0 Å². The van der Waals surface area contributed by atoms with Crippen LogP contribution in [0.4, 0.5) is 0 Å². The van der Waals surface area contributed by atoms with Crippen LogP contribution in [0.5, 0.6) is 0 Å². The van der Waals surface area contributed by atoms with Gasteiger partial charge in [0.05, 0.1) is 23.2 Å². The lowest BCUT2D eigenvalue weighted by Gasteiger charge is -2.39. The molecule has 0 saturated carbocycles. The molecule has 2 saturated heterocycles. The molecule has 1 aromatic heterocycles. The quantitative estimate of drug-likeness (QED) is 0.727. The van der Waals surface area contributed by atoms with Crippen LogP contribution in [0, 0.1) is 0 Å². The molecule has 9 nitrogen and oxygen atoms in total. The number of fused-ring (bicyclic) bond motifs is 1. The number of piperidine rings is 2. The van der Waals surface area contributed by atoms with E-state index >= 15 is 0 Å². The fraction of sp³-hybridized carbons (Fsp3) is 0.609. The number of imidazole rings is 1. The van der Waals surface area contributed by atoms with Gasteiger partial charge in [0.25, 0.3) is 5.91 Å². The van der Waals surface area contributed by atoms with Crippen molar-refractivity contribution in [2.75, 3.05) is 46.9 Å². The van der Waals surface area contributed by atoms with Gasteiger partial charge in [0.1, 0.15) is 0 Å². The molecule has 0 spiro atoms. The molecule has 9 heteroatoms.